The van der Waals surface area contributed by atoms with Crippen LogP contribution in [-0.2, 0) is 6.61 Å². The number of hydrogen-bond donors (Lipinski definition) is 3. The largest absolute Gasteiger partial charge is 0.489 e. The van der Waals surface area contributed by atoms with Crippen molar-refractivity contribution >= 4 is 33.2 Å². The quantitative estimate of drug-likeness (QED) is 0.435. The Hall–Kier alpha value is -3.65. The van der Waals surface area contributed by atoms with E-state index in [0.29, 0.717) is 27.1 Å². The number of nitrogens with one attached hydrogen (secondary N) is 3. The second-order valence-corrected chi connectivity index (χ2v) is 7.17. The van der Waals surface area contributed by atoms with Gasteiger partial charge >= 0.3 is 0 Å². The fraction of sp³-hybridized carbons (Fsp3) is 0.0476. The van der Waals surface area contributed by atoms with E-state index in [1.165, 1.54) is 6.07 Å². The molecule has 0 atom stereocenters. The van der Waals surface area contributed by atoms with Crippen molar-refractivity contribution in [2.24, 2.45) is 0 Å². The summed E-state index contributed by atoms with van der Waals surface area (Å²) in [6, 6.07) is 17.0. The third-order valence-electron chi connectivity index (χ3n) is 4.23. The molecule has 2 aromatic carbocycles. The number of aromatic amines is 1. The van der Waals surface area contributed by atoms with Crippen LogP contribution in [0.3, 0.4) is 0 Å². The van der Waals surface area contributed by atoms with E-state index in [0.717, 1.165) is 11.3 Å². The van der Waals surface area contributed by atoms with Gasteiger partial charge in [0, 0.05) is 21.8 Å². The summed E-state index contributed by atoms with van der Waals surface area (Å²) in [5, 5.41) is 0.342. The summed E-state index contributed by atoms with van der Waals surface area (Å²) >= 11 is 1.14. The molecule has 0 fully saturated rings. The maximum Gasteiger partial charge on any atom is 0.286 e. The van der Waals surface area contributed by atoms with Gasteiger partial charge in [0.2, 0.25) is 0 Å². The highest BCUT2D eigenvalue weighted by atomic mass is 32.1. The van der Waals surface area contributed by atoms with Crippen molar-refractivity contribution in [2.45, 2.75) is 6.61 Å². The van der Waals surface area contributed by atoms with E-state index < -0.39 is 17.6 Å². The number of thiophene rings is 1. The van der Waals surface area contributed by atoms with E-state index in [1.54, 1.807) is 42.6 Å². The van der Waals surface area contributed by atoms with Crippen LogP contribution in [-0.4, -0.2) is 16.8 Å². The predicted molar refractivity (Wildman–Crippen MR) is 108 cm³/mol. The van der Waals surface area contributed by atoms with E-state index in [1.807, 2.05) is 18.2 Å². The smallest absolute Gasteiger partial charge is 0.286 e. The first-order chi connectivity index (χ1) is 14.1. The Bertz CT molecular complexity index is 1160. The molecule has 6 nitrogen and oxygen atoms in total. The molecule has 0 saturated heterocycles. The number of halogens is 1. The van der Waals surface area contributed by atoms with Crippen LogP contribution in [0.4, 0.5) is 4.39 Å². The minimum absolute atomic E-state index is 0.0122. The molecule has 2 aromatic heterocycles. The van der Waals surface area contributed by atoms with Gasteiger partial charge in [0.15, 0.2) is 0 Å². The summed E-state index contributed by atoms with van der Waals surface area (Å²) < 4.78 is 20.9. The lowest BCUT2D eigenvalue weighted by Crippen LogP contribution is -2.41. The monoisotopic (exact) mass is 409 g/mol. The summed E-state index contributed by atoms with van der Waals surface area (Å²) in [7, 11) is 0. The van der Waals surface area contributed by atoms with Gasteiger partial charge in [0.25, 0.3) is 11.8 Å². The number of ether oxygens (including phenoxy) is 1. The van der Waals surface area contributed by atoms with E-state index >= 15 is 0 Å². The average molecular weight is 409 g/mol. The summed E-state index contributed by atoms with van der Waals surface area (Å²) in [5.41, 5.74) is 5.46. The second kappa shape index (κ2) is 8.15. The summed E-state index contributed by atoms with van der Waals surface area (Å²) in [6.45, 7) is 0.0122. The Morgan fingerprint density at radius 3 is 2.52 bits per heavy atom. The van der Waals surface area contributed by atoms with E-state index in [-0.39, 0.29) is 11.5 Å². The number of fused-ring (bicyclic) bond motifs is 1. The average Bonchev–Trinajstić information content (AvgIpc) is 3.40. The lowest BCUT2D eigenvalue weighted by molar-refractivity contribution is 0.0845. The van der Waals surface area contributed by atoms with Crippen LogP contribution in [0, 0.1) is 5.82 Å². The van der Waals surface area contributed by atoms with Gasteiger partial charge in [-0.15, -0.1) is 11.3 Å². The molecule has 0 aliphatic heterocycles. The highest BCUT2D eigenvalue weighted by Gasteiger charge is 2.22. The molecule has 0 radical (unpaired) electrons. The number of carbonyl (C=O) groups excluding carboxylic acids is 2. The summed E-state index contributed by atoms with van der Waals surface area (Å²) in [4.78, 5) is 27.8. The number of carbonyl (C=O) groups is 2. The van der Waals surface area contributed by atoms with Crippen molar-refractivity contribution in [3.8, 4) is 5.75 Å². The van der Waals surface area contributed by atoms with E-state index in [9.17, 15) is 14.0 Å². The minimum Gasteiger partial charge on any atom is -0.489 e. The normalized spacial score (nSPS) is 10.7. The highest BCUT2D eigenvalue weighted by molar-refractivity contribution is 7.21. The molecule has 0 unspecified atom stereocenters. The zero-order valence-corrected chi connectivity index (χ0v) is 15.9. The Kier molecular flexibility index (Phi) is 5.26. The third kappa shape index (κ3) is 3.97. The van der Waals surface area contributed by atoms with Gasteiger partial charge in [0.05, 0.1) is 0 Å². The molecule has 4 rings (SSSR count). The molecule has 0 saturated carbocycles. The number of para-hydroxylation sites is 1. The third-order valence-corrected chi connectivity index (χ3v) is 5.42. The highest BCUT2D eigenvalue weighted by Crippen LogP contribution is 2.34. The molecule has 2 amide bonds. The fourth-order valence-corrected chi connectivity index (χ4v) is 3.99. The van der Waals surface area contributed by atoms with Gasteiger partial charge in [-0.3, -0.25) is 20.4 Å². The molecular weight excluding hydrogens is 393 g/mol. The van der Waals surface area contributed by atoms with Gasteiger partial charge in [-0.1, -0.05) is 24.3 Å². The maximum atomic E-state index is 14.5. The lowest BCUT2D eigenvalue weighted by Gasteiger charge is -2.09. The maximum absolute atomic E-state index is 14.5. The number of aromatic nitrogens is 1. The van der Waals surface area contributed by atoms with Crippen LogP contribution in [0.1, 0.15) is 25.7 Å². The molecule has 0 aliphatic carbocycles. The van der Waals surface area contributed by atoms with Crippen LogP contribution >= 0.6 is 11.3 Å². The van der Waals surface area contributed by atoms with E-state index in [4.69, 9.17) is 4.74 Å². The Morgan fingerprint density at radius 1 is 0.966 bits per heavy atom. The molecule has 0 aliphatic rings. The van der Waals surface area contributed by atoms with Crippen molar-refractivity contribution in [1.82, 2.24) is 15.8 Å². The van der Waals surface area contributed by atoms with Gasteiger partial charge in [-0.25, -0.2) is 4.39 Å². The summed E-state index contributed by atoms with van der Waals surface area (Å²) in [5.74, 6) is -0.857. The van der Waals surface area contributed by atoms with Crippen molar-refractivity contribution in [3.63, 3.8) is 0 Å². The number of rotatable bonds is 5. The molecular formula is C21H16FN3O3S. The molecule has 29 heavy (non-hydrogen) atoms. The Labute approximate surface area is 169 Å². The Morgan fingerprint density at radius 2 is 1.76 bits per heavy atom. The van der Waals surface area contributed by atoms with Crippen molar-refractivity contribution in [1.29, 1.82) is 0 Å². The molecule has 0 spiro atoms. The minimum atomic E-state index is -0.544. The molecule has 2 heterocycles. The van der Waals surface area contributed by atoms with Crippen molar-refractivity contribution < 1.29 is 18.7 Å². The molecule has 4 aromatic rings. The number of H-pyrrole nitrogens is 1. The SMILES string of the molecule is O=C(NNC(=O)c1sc2cccc(F)c2c1COc1ccccc1)c1ccc[nH]1. The first-order valence-electron chi connectivity index (χ1n) is 8.75. The van der Waals surface area contributed by atoms with Gasteiger partial charge < -0.3 is 9.72 Å². The van der Waals surface area contributed by atoms with Gasteiger partial charge in [-0.05, 0) is 36.4 Å². The number of hydrazine groups is 1. The van der Waals surface area contributed by atoms with Crippen molar-refractivity contribution in [3.05, 3.63) is 88.8 Å². The van der Waals surface area contributed by atoms with Crippen molar-refractivity contribution in [2.75, 3.05) is 0 Å². The van der Waals surface area contributed by atoms with Gasteiger partial charge in [-0.2, -0.15) is 0 Å². The molecule has 146 valence electrons. The topological polar surface area (TPSA) is 83.2 Å². The van der Waals surface area contributed by atoms with Gasteiger partial charge in [0.1, 0.15) is 28.7 Å². The Balaban J connectivity index is 1.59. The van der Waals surface area contributed by atoms with Crippen LogP contribution < -0.4 is 15.6 Å². The number of benzene rings is 2. The standard InChI is InChI=1S/C21H16FN3O3S/c22-15-8-4-10-17-18(15)14(12-28-13-6-2-1-3-7-13)19(29-17)21(27)25-24-20(26)16-9-5-11-23-16/h1-11,23H,12H2,(H,24,26)(H,25,27). The van der Waals surface area contributed by atoms with Crippen LogP contribution in [0.25, 0.3) is 10.1 Å². The zero-order valence-electron chi connectivity index (χ0n) is 15.1. The lowest BCUT2D eigenvalue weighted by atomic mass is 10.1. The summed E-state index contributed by atoms with van der Waals surface area (Å²) in [6.07, 6.45) is 1.60. The first-order valence-corrected chi connectivity index (χ1v) is 9.57. The molecule has 3 N–H and O–H groups in total. The van der Waals surface area contributed by atoms with Crippen LogP contribution in [0.15, 0.2) is 66.9 Å². The second-order valence-electron chi connectivity index (χ2n) is 6.12. The van der Waals surface area contributed by atoms with Crippen LogP contribution in [0.2, 0.25) is 0 Å². The van der Waals surface area contributed by atoms with Crippen LogP contribution in [0.5, 0.6) is 5.75 Å². The predicted octanol–water partition coefficient (Wildman–Crippen LogP) is 4.02. The number of hydrogen-bond acceptors (Lipinski definition) is 4. The fourth-order valence-electron chi connectivity index (χ4n) is 2.87. The molecule has 8 heteroatoms. The number of amides is 2. The first kappa shape index (κ1) is 18.7. The zero-order chi connectivity index (χ0) is 20.2. The molecule has 0 bridgehead atoms. The van der Waals surface area contributed by atoms with E-state index in [2.05, 4.69) is 15.8 Å².